The van der Waals surface area contributed by atoms with Crippen molar-refractivity contribution in [1.82, 2.24) is 14.5 Å². The standard InChI is InChI=1S/C20H25N3O2/c1-22-10-4-6-19(22)20(24)23-11-16(14-25-13-15-7-8-15)17(12-23)18-5-2-3-9-21-18/h2-6,9-10,15-17H,7-8,11-14H2,1H3/t16-,17+/m0/s1. The van der Waals surface area contributed by atoms with E-state index in [2.05, 4.69) is 11.1 Å². The number of ether oxygens (including phenoxy) is 1. The fourth-order valence-electron chi connectivity index (χ4n) is 3.65. The van der Waals surface area contributed by atoms with Crippen LogP contribution in [0.15, 0.2) is 42.7 Å². The van der Waals surface area contributed by atoms with E-state index in [1.165, 1.54) is 12.8 Å². The molecule has 1 aliphatic carbocycles. The highest BCUT2D eigenvalue weighted by Crippen LogP contribution is 2.34. The van der Waals surface area contributed by atoms with Gasteiger partial charge >= 0.3 is 0 Å². The van der Waals surface area contributed by atoms with E-state index in [9.17, 15) is 4.79 Å². The van der Waals surface area contributed by atoms with E-state index in [0.29, 0.717) is 19.1 Å². The fourth-order valence-corrected chi connectivity index (χ4v) is 3.65. The topological polar surface area (TPSA) is 47.4 Å². The third kappa shape index (κ3) is 3.61. The number of rotatable bonds is 6. The second-order valence-corrected chi connectivity index (χ2v) is 7.32. The van der Waals surface area contributed by atoms with Crippen molar-refractivity contribution >= 4 is 5.91 Å². The summed E-state index contributed by atoms with van der Waals surface area (Å²) in [5.74, 6) is 1.40. The number of aromatic nitrogens is 2. The number of amides is 1. The van der Waals surface area contributed by atoms with Gasteiger partial charge < -0.3 is 14.2 Å². The number of carbonyl (C=O) groups is 1. The molecule has 1 amide bonds. The van der Waals surface area contributed by atoms with Gasteiger partial charge in [0.15, 0.2) is 0 Å². The molecule has 0 spiro atoms. The van der Waals surface area contributed by atoms with Gasteiger partial charge in [-0.15, -0.1) is 0 Å². The quantitative estimate of drug-likeness (QED) is 0.813. The van der Waals surface area contributed by atoms with Gasteiger partial charge in [-0.05, 0) is 43.0 Å². The molecule has 0 N–H and O–H groups in total. The van der Waals surface area contributed by atoms with Crippen molar-refractivity contribution in [2.24, 2.45) is 18.9 Å². The number of nitrogens with zero attached hydrogens (tertiary/aromatic N) is 3. The lowest BCUT2D eigenvalue weighted by Crippen LogP contribution is -2.30. The van der Waals surface area contributed by atoms with Crippen molar-refractivity contribution in [2.75, 3.05) is 26.3 Å². The molecular formula is C20H25N3O2. The average Bonchev–Trinajstić information content (AvgIpc) is 3.20. The van der Waals surface area contributed by atoms with Gasteiger partial charge in [-0.25, -0.2) is 0 Å². The average molecular weight is 339 g/mol. The summed E-state index contributed by atoms with van der Waals surface area (Å²) in [6.07, 6.45) is 6.34. The molecule has 1 saturated carbocycles. The first kappa shape index (κ1) is 16.3. The molecule has 132 valence electrons. The Morgan fingerprint density at radius 2 is 2.08 bits per heavy atom. The van der Waals surface area contributed by atoms with E-state index in [4.69, 9.17) is 4.74 Å². The van der Waals surface area contributed by atoms with Crippen LogP contribution >= 0.6 is 0 Å². The van der Waals surface area contributed by atoms with Gasteiger partial charge in [-0.2, -0.15) is 0 Å². The second kappa shape index (κ2) is 7.00. The van der Waals surface area contributed by atoms with E-state index >= 15 is 0 Å². The molecule has 0 bridgehead atoms. The van der Waals surface area contributed by atoms with Gasteiger partial charge in [-0.1, -0.05) is 6.07 Å². The Morgan fingerprint density at radius 1 is 1.20 bits per heavy atom. The highest BCUT2D eigenvalue weighted by atomic mass is 16.5. The van der Waals surface area contributed by atoms with Gasteiger partial charge in [0.05, 0.1) is 6.61 Å². The molecule has 0 unspecified atom stereocenters. The highest BCUT2D eigenvalue weighted by molar-refractivity contribution is 5.93. The van der Waals surface area contributed by atoms with Gasteiger partial charge in [-0.3, -0.25) is 9.78 Å². The molecule has 5 heteroatoms. The zero-order valence-corrected chi connectivity index (χ0v) is 14.7. The molecule has 2 aromatic heterocycles. The zero-order chi connectivity index (χ0) is 17.2. The molecule has 25 heavy (non-hydrogen) atoms. The minimum absolute atomic E-state index is 0.0955. The maximum absolute atomic E-state index is 12.9. The maximum Gasteiger partial charge on any atom is 0.270 e. The van der Waals surface area contributed by atoms with Crippen LogP contribution < -0.4 is 0 Å². The SMILES string of the molecule is Cn1cccc1C(=O)N1C[C@@H](COCC2CC2)[C@H](c2ccccn2)C1. The lowest BCUT2D eigenvalue weighted by Gasteiger charge is -2.17. The molecule has 2 aliphatic rings. The largest absolute Gasteiger partial charge is 0.381 e. The Bertz CT molecular complexity index is 724. The molecule has 3 heterocycles. The third-order valence-corrected chi connectivity index (χ3v) is 5.34. The zero-order valence-electron chi connectivity index (χ0n) is 14.7. The van der Waals surface area contributed by atoms with Crippen molar-refractivity contribution < 1.29 is 9.53 Å². The molecule has 2 atom stereocenters. The Kier molecular flexibility index (Phi) is 4.57. The number of hydrogen-bond acceptors (Lipinski definition) is 3. The van der Waals surface area contributed by atoms with Crippen molar-refractivity contribution in [1.29, 1.82) is 0 Å². The minimum atomic E-state index is 0.0955. The number of aryl methyl sites for hydroxylation is 1. The molecule has 4 rings (SSSR count). The van der Waals surface area contributed by atoms with Crippen molar-refractivity contribution in [3.63, 3.8) is 0 Å². The lowest BCUT2D eigenvalue weighted by atomic mass is 9.93. The number of carbonyl (C=O) groups excluding carboxylic acids is 1. The van der Waals surface area contributed by atoms with Gasteiger partial charge in [0.2, 0.25) is 0 Å². The van der Waals surface area contributed by atoms with Crippen LogP contribution in [0.5, 0.6) is 0 Å². The van der Waals surface area contributed by atoms with E-state index in [1.807, 2.05) is 53.2 Å². The molecule has 5 nitrogen and oxygen atoms in total. The Morgan fingerprint density at radius 3 is 2.76 bits per heavy atom. The summed E-state index contributed by atoms with van der Waals surface area (Å²) in [7, 11) is 1.91. The van der Waals surface area contributed by atoms with Crippen molar-refractivity contribution in [3.05, 3.63) is 54.1 Å². The van der Waals surface area contributed by atoms with E-state index in [-0.39, 0.29) is 11.8 Å². The van der Waals surface area contributed by atoms with Gasteiger partial charge in [0.25, 0.3) is 5.91 Å². The second-order valence-electron chi connectivity index (χ2n) is 7.32. The molecule has 1 aliphatic heterocycles. The normalized spacial score (nSPS) is 23.2. The summed E-state index contributed by atoms with van der Waals surface area (Å²) in [5.41, 5.74) is 1.80. The maximum atomic E-state index is 12.9. The first-order chi connectivity index (χ1) is 12.2. The predicted octanol–water partition coefficient (Wildman–Crippen LogP) is 2.70. The van der Waals surface area contributed by atoms with Crippen molar-refractivity contribution in [2.45, 2.75) is 18.8 Å². The summed E-state index contributed by atoms with van der Waals surface area (Å²) in [4.78, 5) is 19.4. The monoisotopic (exact) mass is 339 g/mol. The fraction of sp³-hybridized carbons (Fsp3) is 0.500. The Balaban J connectivity index is 1.48. The van der Waals surface area contributed by atoms with Crippen LogP contribution in [-0.2, 0) is 11.8 Å². The molecule has 2 fully saturated rings. The van der Waals surface area contributed by atoms with Crippen LogP contribution in [0.4, 0.5) is 0 Å². The number of hydrogen-bond donors (Lipinski definition) is 0. The van der Waals surface area contributed by atoms with Crippen LogP contribution in [0.2, 0.25) is 0 Å². The molecular weight excluding hydrogens is 314 g/mol. The van der Waals surface area contributed by atoms with Gasteiger partial charge in [0, 0.05) is 56.7 Å². The van der Waals surface area contributed by atoms with Gasteiger partial charge in [0.1, 0.15) is 5.69 Å². The minimum Gasteiger partial charge on any atom is -0.381 e. The third-order valence-electron chi connectivity index (χ3n) is 5.34. The lowest BCUT2D eigenvalue weighted by molar-refractivity contribution is 0.0732. The Labute approximate surface area is 148 Å². The molecule has 0 radical (unpaired) electrons. The molecule has 0 aromatic carbocycles. The molecule has 1 saturated heterocycles. The van der Waals surface area contributed by atoms with Crippen LogP contribution in [0.1, 0.15) is 34.9 Å². The van der Waals surface area contributed by atoms with E-state index in [0.717, 1.165) is 30.5 Å². The summed E-state index contributed by atoms with van der Waals surface area (Å²) < 4.78 is 7.85. The Hall–Kier alpha value is -2.14. The van der Waals surface area contributed by atoms with Crippen molar-refractivity contribution in [3.8, 4) is 0 Å². The van der Waals surface area contributed by atoms with E-state index < -0.39 is 0 Å². The number of likely N-dealkylation sites (tertiary alicyclic amines) is 1. The van der Waals surface area contributed by atoms with Crippen LogP contribution in [0.3, 0.4) is 0 Å². The highest BCUT2D eigenvalue weighted by Gasteiger charge is 2.38. The molecule has 2 aromatic rings. The van der Waals surface area contributed by atoms with Crippen LogP contribution in [0.25, 0.3) is 0 Å². The summed E-state index contributed by atoms with van der Waals surface area (Å²) in [5, 5.41) is 0. The summed E-state index contributed by atoms with van der Waals surface area (Å²) in [6, 6.07) is 9.82. The first-order valence-electron chi connectivity index (χ1n) is 9.11. The van der Waals surface area contributed by atoms with E-state index in [1.54, 1.807) is 0 Å². The van der Waals surface area contributed by atoms with Crippen LogP contribution in [0, 0.1) is 11.8 Å². The number of pyridine rings is 1. The first-order valence-corrected chi connectivity index (χ1v) is 9.11. The summed E-state index contributed by atoms with van der Waals surface area (Å²) >= 11 is 0. The predicted molar refractivity (Wildman–Crippen MR) is 95.3 cm³/mol. The smallest absolute Gasteiger partial charge is 0.270 e. The van der Waals surface area contributed by atoms with Crippen LogP contribution in [-0.4, -0.2) is 46.7 Å². The summed E-state index contributed by atoms with van der Waals surface area (Å²) in [6.45, 7) is 3.00.